The van der Waals surface area contributed by atoms with Crippen molar-refractivity contribution < 1.29 is 38.1 Å². The standard InChI is InChI=1S/C34H44O8/c1-11-34(9,10)26-18-20-28(38-12-2)25(29(26)40-22-42-31(37)33(6,7)8)17-19-27(35)23-13-15-24(16-14-23)39-21-41-30(36)32(3,4)5/h11,13-20H,1,12,21-22H2,2-10H3. The second-order valence-electron chi connectivity index (χ2n) is 12.3. The highest BCUT2D eigenvalue weighted by Gasteiger charge is 2.27. The second-order valence-corrected chi connectivity index (χ2v) is 12.3. The van der Waals surface area contributed by atoms with Crippen molar-refractivity contribution in [1.29, 1.82) is 0 Å². The Morgan fingerprint density at radius 1 is 0.762 bits per heavy atom. The number of benzene rings is 2. The Labute approximate surface area is 249 Å². The summed E-state index contributed by atoms with van der Waals surface area (Å²) >= 11 is 0. The molecule has 2 rings (SSSR count). The summed E-state index contributed by atoms with van der Waals surface area (Å²) < 4.78 is 27.9. The van der Waals surface area contributed by atoms with Gasteiger partial charge in [-0.05, 0) is 91.0 Å². The Kier molecular flexibility index (Phi) is 11.5. The van der Waals surface area contributed by atoms with Gasteiger partial charge in [0, 0.05) is 16.5 Å². The van der Waals surface area contributed by atoms with E-state index in [1.165, 1.54) is 6.08 Å². The summed E-state index contributed by atoms with van der Waals surface area (Å²) in [5.41, 5.74) is -0.0770. The molecule has 0 bridgehead atoms. The zero-order valence-electron chi connectivity index (χ0n) is 26.3. The summed E-state index contributed by atoms with van der Waals surface area (Å²) in [6, 6.07) is 10.2. The topological polar surface area (TPSA) is 97.4 Å². The lowest BCUT2D eigenvalue weighted by molar-refractivity contribution is -0.160. The molecule has 0 radical (unpaired) electrons. The molecule has 0 spiro atoms. The lowest BCUT2D eigenvalue weighted by atomic mass is 9.83. The molecule has 0 aliphatic carbocycles. The maximum absolute atomic E-state index is 13.1. The van der Waals surface area contributed by atoms with Gasteiger partial charge in [0.15, 0.2) is 5.78 Å². The molecule has 0 atom stereocenters. The second kappa shape index (κ2) is 14.2. The van der Waals surface area contributed by atoms with Crippen LogP contribution in [0.2, 0.25) is 0 Å². The van der Waals surface area contributed by atoms with Crippen molar-refractivity contribution in [3.05, 3.63) is 71.8 Å². The van der Waals surface area contributed by atoms with Gasteiger partial charge in [0.05, 0.1) is 23.0 Å². The minimum Gasteiger partial charge on any atom is -0.493 e. The number of ether oxygens (including phenoxy) is 5. The first kappa shape index (κ1) is 34.1. The van der Waals surface area contributed by atoms with Gasteiger partial charge in [-0.3, -0.25) is 14.4 Å². The molecule has 42 heavy (non-hydrogen) atoms. The van der Waals surface area contributed by atoms with E-state index < -0.39 is 22.2 Å². The molecule has 0 heterocycles. The van der Waals surface area contributed by atoms with Crippen LogP contribution in [0.3, 0.4) is 0 Å². The minimum atomic E-state index is -0.688. The molecular formula is C34H44O8. The maximum Gasteiger partial charge on any atom is 0.314 e. The van der Waals surface area contributed by atoms with Crippen LogP contribution in [-0.4, -0.2) is 37.9 Å². The van der Waals surface area contributed by atoms with Crippen molar-refractivity contribution in [2.24, 2.45) is 10.8 Å². The van der Waals surface area contributed by atoms with Gasteiger partial charge in [-0.15, -0.1) is 6.58 Å². The van der Waals surface area contributed by atoms with E-state index in [-0.39, 0.29) is 25.3 Å². The van der Waals surface area contributed by atoms with E-state index in [1.54, 1.807) is 78.0 Å². The number of esters is 2. The fourth-order valence-electron chi connectivity index (χ4n) is 3.49. The number of carbonyl (C=O) groups excluding carboxylic acids is 3. The summed E-state index contributed by atoms with van der Waals surface area (Å²) in [4.78, 5) is 37.3. The van der Waals surface area contributed by atoms with Crippen LogP contribution in [0.25, 0.3) is 6.08 Å². The highest BCUT2D eigenvalue weighted by atomic mass is 16.7. The maximum atomic E-state index is 13.1. The van der Waals surface area contributed by atoms with Crippen LogP contribution in [0.15, 0.2) is 55.1 Å². The molecule has 0 unspecified atom stereocenters. The number of hydrogen-bond acceptors (Lipinski definition) is 8. The Balaban J connectivity index is 2.33. The third-order valence-electron chi connectivity index (χ3n) is 6.23. The van der Waals surface area contributed by atoms with Crippen molar-refractivity contribution in [1.82, 2.24) is 0 Å². The van der Waals surface area contributed by atoms with Crippen LogP contribution in [0.5, 0.6) is 17.2 Å². The average molecular weight is 581 g/mol. The first-order valence-corrected chi connectivity index (χ1v) is 13.9. The summed E-state index contributed by atoms with van der Waals surface area (Å²) in [6.45, 7) is 20.2. The molecule has 2 aromatic carbocycles. The Morgan fingerprint density at radius 2 is 1.31 bits per heavy atom. The monoisotopic (exact) mass is 580 g/mol. The molecule has 0 saturated carbocycles. The molecule has 8 nitrogen and oxygen atoms in total. The van der Waals surface area contributed by atoms with Gasteiger partial charge in [-0.1, -0.05) is 26.0 Å². The largest absolute Gasteiger partial charge is 0.493 e. The predicted molar refractivity (Wildman–Crippen MR) is 163 cm³/mol. The number of carbonyl (C=O) groups is 3. The van der Waals surface area contributed by atoms with E-state index in [0.717, 1.165) is 5.56 Å². The number of rotatable bonds is 13. The smallest absolute Gasteiger partial charge is 0.314 e. The van der Waals surface area contributed by atoms with Crippen molar-refractivity contribution >= 4 is 23.8 Å². The van der Waals surface area contributed by atoms with Gasteiger partial charge in [0.1, 0.15) is 17.2 Å². The molecule has 0 aromatic heterocycles. The third kappa shape index (κ3) is 9.50. The Hall–Kier alpha value is -4.07. The molecule has 0 amide bonds. The van der Waals surface area contributed by atoms with E-state index >= 15 is 0 Å². The molecular weight excluding hydrogens is 536 g/mol. The van der Waals surface area contributed by atoms with Crippen molar-refractivity contribution in [3.8, 4) is 17.2 Å². The summed E-state index contributed by atoms with van der Waals surface area (Å²) in [6.07, 6.45) is 4.86. The first-order valence-electron chi connectivity index (χ1n) is 13.9. The van der Waals surface area contributed by atoms with E-state index in [1.807, 2.05) is 32.9 Å². The lowest BCUT2D eigenvalue weighted by Crippen LogP contribution is -2.25. The molecule has 0 fully saturated rings. The highest BCUT2D eigenvalue weighted by Crippen LogP contribution is 2.40. The number of allylic oxidation sites excluding steroid dienone is 2. The molecule has 8 heteroatoms. The van der Waals surface area contributed by atoms with Crippen LogP contribution in [-0.2, 0) is 24.5 Å². The quantitative estimate of drug-likeness (QED) is 0.0801. The van der Waals surface area contributed by atoms with Gasteiger partial charge in [0.25, 0.3) is 0 Å². The van der Waals surface area contributed by atoms with Crippen LogP contribution < -0.4 is 14.2 Å². The first-order chi connectivity index (χ1) is 19.5. The zero-order valence-corrected chi connectivity index (χ0v) is 26.3. The molecule has 0 aliphatic heterocycles. The molecule has 0 aliphatic rings. The zero-order chi connectivity index (χ0) is 31.7. The molecule has 0 N–H and O–H groups in total. The van der Waals surface area contributed by atoms with Gasteiger partial charge in [-0.25, -0.2) is 0 Å². The van der Waals surface area contributed by atoms with Gasteiger partial charge in [0.2, 0.25) is 13.6 Å². The number of hydrogen-bond donors (Lipinski definition) is 0. The van der Waals surface area contributed by atoms with E-state index in [4.69, 9.17) is 23.7 Å². The highest BCUT2D eigenvalue weighted by molar-refractivity contribution is 6.07. The number of ketones is 1. The van der Waals surface area contributed by atoms with Gasteiger partial charge in [-0.2, -0.15) is 0 Å². The SMILES string of the molecule is C=CC(C)(C)c1ccc(OCC)c(C=CC(=O)c2ccc(OCOC(=O)C(C)(C)C)cc2)c1OCOC(=O)C(C)(C)C. The van der Waals surface area contributed by atoms with E-state index in [2.05, 4.69) is 6.58 Å². The third-order valence-corrected chi connectivity index (χ3v) is 6.23. The van der Waals surface area contributed by atoms with Crippen molar-refractivity contribution in [2.45, 2.75) is 67.7 Å². The summed E-state index contributed by atoms with van der Waals surface area (Å²) in [5, 5.41) is 0. The molecule has 0 saturated heterocycles. The molecule has 2 aromatic rings. The average Bonchev–Trinajstić information content (AvgIpc) is 2.91. The van der Waals surface area contributed by atoms with E-state index in [0.29, 0.717) is 35.0 Å². The van der Waals surface area contributed by atoms with Crippen molar-refractivity contribution in [2.75, 3.05) is 20.2 Å². The predicted octanol–water partition coefficient (Wildman–Crippen LogP) is 7.30. The van der Waals surface area contributed by atoms with Gasteiger partial charge < -0.3 is 23.7 Å². The minimum absolute atomic E-state index is 0.227. The van der Waals surface area contributed by atoms with Crippen molar-refractivity contribution in [3.63, 3.8) is 0 Å². The summed E-state index contributed by atoms with van der Waals surface area (Å²) in [7, 11) is 0. The van der Waals surface area contributed by atoms with E-state index in [9.17, 15) is 14.4 Å². The van der Waals surface area contributed by atoms with Crippen LogP contribution in [0.4, 0.5) is 0 Å². The molecule has 228 valence electrons. The fourth-order valence-corrected chi connectivity index (χ4v) is 3.49. The lowest BCUT2D eigenvalue weighted by Gasteiger charge is -2.26. The van der Waals surface area contributed by atoms with Crippen LogP contribution in [0, 0.1) is 10.8 Å². The fraction of sp³-hybridized carbons (Fsp3) is 0.441. The van der Waals surface area contributed by atoms with Crippen LogP contribution >= 0.6 is 0 Å². The Morgan fingerprint density at radius 3 is 1.81 bits per heavy atom. The normalized spacial score (nSPS) is 12.0. The van der Waals surface area contributed by atoms with Crippen LogP contribution in [0.1, 0.15) is 83.8 Å². The van der Waals surface area contributed by atoms with Gasteiger partial charge >= 0.3 is 11.9 Å². The summed E-state index contributed by atoms with van der Waals surface area (Å²) in [5.74, 6) is 0.348. The Bertz CT molecular complexity index is 1290.